The van der Waals surface area contributed by atoms with Crippen molar-refractivity contribution in [2.45, 2.75) is 6.92 Å². The molecule has 4 nitrogen and oxygen atoms in total. The molecule has 0 aromatic carbocycles. The maximum absolute atomic E-state index is 10.9. The highest BCUT2D eigenvalue weighted by Crippen LogP contribution is 2.16. The minimum atomic E-state index is -0.269. The number of hydrogen-bond acceptors (Lipinski definition) is 2. The number of aromatic nitrogens is 1. The smallest absolute Gasteiger partial charge is 0.320 e. The fourth-order valence-corrected chi connectivity index (χ4v) is 1.00. The van der Waals surface area contributed by atoms with Gasteiger partial charge in [-0.15, -0.1) is 0 Å². The number of nitrogens with zero attached hydrogens (tertiary/aromatic N) is 1. The summed E-state index contributed by atoms with van der Waals surface area (Å²) in [4.78, 5) is 14.9. The van der Waals surface area contributed by atoms with Gasteiger partial charge < -0.3 is 5.32 Å². The second-order valence-electron chi connectivity index (χ2n) is 2.52. The molecule has 5 heteroatoms. The van der Waals surface area contributed by atoms with Crippen LogP contribution in [-0.2, 0) is 0 Å². The number of halogens is 1. The Bertz CT molecular complexity index is 327. The Labute approximate surface area is 84.9 Å². The highest BCUT2D eigenvalue weighted by Gasteiger charge is 2.01. The number of rotatable bonds is 1. The van der Waals surface area contributed by atoms with Crippen LogP contribution in [0.5, 0.6) is 0 Å². The van der Waals surface area contributed by atoms with Gasteiger partial charge in [-0.1, -0.05) is 0 Å². The Kier molecular flexibility index (Phi) is 3.25. The molecule has 13 heavy (non-hydrogen) atoms. The van der Waals surface area contributed by atoms with Crippen molar-refractivity contribution in [1.82, 2.24) is 10.3 Å². The number of hydrogen-bond donors (Lipinski definition) is 2. The number of anilines is 1. The zero-order chi connectivity index (χ0) is 9.84. The van der Waals surface area contributed by atoms with Gasteiger partial charge in [0.15, 0.2) is 0 Å². The molecule has 1 heterocycles. The van der Waals surface area contributed by atoms with Crippen LogP contribution in [0.3, 0.4) is 0 Å². The maximum Gasteiger partial charge on any atom is 0.320 e. The molecule has 0 saturated heterocycles. The maximum atomic E-state index is 10.9. The van der Waals surface area contributed by atoms with Gasteiger partial charge in [-0.3, -0.25) is 5.32 Å². The average molecular weight is 244 g/mol. The second kappa shape index (κ2) is 4.23. The molecule has 0 bridgehead atoms. The zero-order valence-corrected chi connectivity index (χ0v) is 8.97. The Morgan fingerprint density at radius 3 is 2.85 bits per heavy atom. The van der Waals surface area contributed by atoms with E-state index in [1.165, 1.54) is 0 Å². The molecule has 2 amide bonds. The van der Waals surface area contributed by atoms with Gasteiger partial charge in [0, 0.05) is 17.7 Å². The van der Waals surface area contributed by atoms with E-state index in [1.54, 1.807) is 19.3 Å². The van der Waals surface area contributed by atoms with Crippen LogP contribution in [-0.4, -0.2) is 18.1 Å². The minimum Gasteiger partial charge on any atom is -0.341 e. The van der Waals surface area contributed by atoms with Crippen molar-refractivity contribution in [2.75, 3.05) is 12.4 Å². The molecular formula is C8H10BrN3O. The molecule has 0 aliphatic rings. The standard InChI is InChI=1S/C8H10BrN3O/c1-5-3-7(11-4-6(5)9)12-8(13)10-2/h3-4H,1-2H3,(H2,10,11,12,13). The van der Waals surface area contributed by atoms with Gasteiger partial charge in [-0.05, 0) is 34.5 Å². The van der Waals surface area contributed by atoms with Crippen LogP contribution in [0.25, 0.3) is 0 Å². The van der Waals surface area contributed by atoms with Gasteiger partial charge in [-0.2, -0.15) is 0 Å². The van der Waals surface area contributed by atoms with Crippen LogP contribution in [0.4, 0.5) is 10.6 Å². The van der Waals surface area contributed by atoms with Gasteiger partial charge in [0.25, 0.3) is 0 Å². The van der Waals surface area contributed by atoms with Crippen molar-refractivity contribution < 1.29 is 4.79 Å². The van der Waals surface area contributed by atoms with Crippen molar-refractivity contribution >= 4 is 27.8 Å². The first-order valence-corrected chi connectivity index (χ1v) is 4.53. The predicted octanol–water partition coefficient (Wildman–Crippen LogP) is 1.90. The summed E-state index contributed by atoms with van der Waals surface area (Å²) in [5.41, 5.74) is 1.03. The summed E-state index contributed by atoms with van der Waals surface area (Å²) in [5, 5.41) is 5.02. The SMILES string of the molecule is CNC(=O)Nc1cc(C)c(Br)cn1. The first-order valence-electron chi connectivity index (χ1n) is 3.74. The molecule has 0 unspecified atom stereocenters. The van der Waals surface area contributed by atoms with E-state index in [9.17, 15) is 4.79 Å². The largest absolute Gasteiger partial charge is 0.341 e. The average Bonchev–Trinajstić information content (AvgIpc) is 2.11. The van der Waals surface area contributed by atoms with Crippen molar-refractivity contribution in [3.8, 4) is 0 Å². The Morgan fingerprint density at radius 2 is 2.31 bits per heavy atom. The van der Waals surface area contributed by atoms with E-state index in [0.29, 0.717) is 5.82 Å². The van der Waals surface area contributed by atoms with E-state index in [1.807, 2.05) is 6.92 Å². The Balaban J connectivity index is 2.79. The van der Waals surface area contributed by atoms with Gasteiger partial charge in [-0.25, -0.2) is 9.78 Å². The van der Waals surface area contributed by atoms with Crippen molar-refractivity contribution in [3.05, 3.63) is 22.3 Å². The number of nitrogens with one attached hydrogen (secondary N) is 2. The van der Waals surface area contributed by atoms with Crippen LogP contribution < -0.4 is 10.6 Å². The van der Waals surface area contributed by atoms with E-state index >= 15 is 0 Å². The highest BCUT2D eigenvalue weighted by atomic mass is 79.9. The summed E-state index contributed by atoms with van der Waals surface area (Å²) < 4.78 is 0.926. The molecule has 1 rings (SSSR count). The summed E-state index contributed by atoms with van der Waals surface area (Å²) in [6, 6.07) is 1.52. The summed E-state index contributed by atoms with van der Waals surface area (Å²) in [5.74, 6) is 0.542. The summed E-state index contributed by atoms with van der Waals surface area (Å²) in [6.07, 6.45) is 1.65. The lowest BCUT2D eigenvalue weighted by Crippen LogP contribution is -2.24. The van der Waals surface area contributed by atoms with Crippen LogP contribution in [0.15, 0.2) is 16.7 Å². The molecule has 0 radical (unpaired) electrons. The third kappa shape index (κ3) is 2.69. The molecule has 2 N–H and O–H groups in total. The molecule has 0 saturated carbocycles. The molecule has 0 atom stereocenters. The Hall–Kier alpha value is -1.10. The number of aryl methyl sites for hydroxylation is 1. The monoisotopic (exact) mass is 243 g/mol. The number of urea groups is 1. The topological polar surface area (TPSA) is 54.0 Å². The van der Waals surface area contributed by atoms with Crippen LogP contribution >= 0.6 is 15.9 Å². The molecule has 70 valence electrons. The van der Waals surface area contributed by atoms with Gasteiger partial charge in [0.1, 0.15) is 5.82 Å². The summed E-state index contributed by atoms with van der Waals surface area (Å²) in [7, 11) is 1.56. The number of amides is 2. The molecule has 1 aromatic heterocycles. The van der Waals surface area contributed by atoms with E-state index in [0.717, 1.165) is 10.0 Å². The van der Waals surface area contributed by atoms with Crippen molar-refractivity contribution in [1.29, 1.82) is 0 Å². The van der Waals surface area contributed by atoms with Crippen molar-refractivity contribution in [3.63, 3.8) is 0 Å². The molecule has 0 aliphatic heterocycles. The summed E-state index contributed by atoms with van der Waals surface area (Å²) in [6.45, 7) is 1.93. The normalized spacial score (nSPS) is 9.46. The van der Waals surface area contributed by atoms with E-state index in [2.05, 4.69) is 31.5 Å². The van der Waals surface area contributed by atoms with E-state index < -0.39 is 0 Å². The lowest BCUT2D eigenvalue weighted by Gasteiger charge is -2.04. The van der Waals surface area contributed by atoms with Crippen LogP contribution in [0.2, 0.25) is 0 Å². The first kappa shape index (κ1) is 9.98. The number of pyridine rings is 1. The molecule has 1 aromatic rings. The van der Waals surface area contributed by atoms with E-state index in [-0.39, 0.29) is 6.03 Å². The Morgan fingerprint density at radius 1 is 1.62 bits per heavy atom. The fraction of sp³-hybridized carbons (Fsp3) is 0.250. The van der Waals surface area contributed by atoms with Crippen LogP contribution in [0, 0.1) is 6.92 Å². The third-order valence-electron chi connectivity index (χ3n) is 1.52. The second-order valence-corrected chi connectivity index (χ2v) is 3.38. The van der Waals surface area contributed by atoms with E-state index in [4.69, 9.17) is 0 Å². The van der Waals surface area contributed by atoms with Gasteiger partial charge in [0.05, 0.1) is 0 Å². The molecule has 0 fully saturated rings. The van der Waals surface area contributed by atoms with Gasteiger partial charge in [0.2, 0.25) is 0 Å². The molecule has 0 aliphatic carbocycles. The number of carbonyl (C=O) groups excluding carboxylic acids is 1. The molecule has 0 spiro atoms. The highest BCUT2D eigenvalue weighted by molar-refractivity contribution is 9.10. The first-order chi connectivity index (χ1) is 6.13. The van der Waals surface area contributed by atoms with Crippen molar-refractivity contribution in [2.24, 2.45) is 0 Å². The van der Waals surface area contributed by atoms with Gasteiger partial charge >= 0.3 is 6.03 Å². The minimum absolute atomic E-state index is 0.269. The lowest BCUT2D eigenvalue weighted by atomic mass is 10.3. The fourth-order valence-electron chi connectivity index (χ4n) is 0.787. The quantitative estimate of drug-likeness (QED) is 0.792. The van der Waals surface area contributed by atoms with Crippen LogP contribution in [0.1, 0.15) is 5.56 Å². The number of carbonyl (C=O) groups is 1. The molecular weight excluding hydrogens is 234 g/mol. The lowest BCUT2D eigenvalue weighted by molar-refractivity contribution is 0.254. The third-order valence-corrected chi connectivity index (χ3v) is 2.35. The predicted molar refractivity (Wildman–Crippen MR) is 54.8 cm³/mol. The zero-order valence-electron chi connectivity index (χ0n) is 7.39. The summed E-state index contributed by atoms with van der Waals surface area (Å²) >= 11 is 3.32.